The minimum Gasteiger partial charge on any atom is -0.378 e. The lowest BCUT2D eigenvalue weighted by molar-refractivity contribution is 0.0300. The average Bonchev–Trinajstić information content (AvgIpc) is 2.92. The molecule has 1 saturated heterocycles. The summed E-state index contributed by atoms with van der Waals surface area (Å²) in [4.78, 5) is 15.0. The van der Waals surface area contributed by atoms with Crippen molar-refractivity contribution in [1.29, 1.82) is 0 Å². The molecule has 1 aliphatic rings. The van der Waals surface area contributed by atoms with E-state index in [-0.39, 0.29) is 16.4 Å². The van der Waals surface area contributed by atoms with E-state index in [9.17, 15) is 13.2 Å². The Morgan fingerprint density at radius 2 is 1.75 bits per heavy atom. The Labute approximate surface area is 166 Å². The van der Waals surface area contributed by atoms with Crippen molar-refractivity contribution in [3.8, 4) is 0 Å². The Kier molecular flexibility index (Phi) is 5.54. The van der Waals surface area contributed by atoms with Crippen LogP contribution in [0.4, 0.5) is 5.69 Å². The second kappa shape index (κ2) is 7.60. The molecule has 1 amide bonds. The zero-order valence-corrected chi connectivity index (χ0v) is 17.8. The molecule has 3 rings (SSSR count). The topological polar surface area (TPSA) is 71.8 Å². The molecule has 1 aromatic heterocycles. The predicted molar refractivity (Wildman–Crippen MR) is 108 cm³/mol. The van der Waals surface area contributed by atoms with E-state index in [0.717, 1.165) is 5.56 Å². The molecule has 1 fully saturated rings. The van der Waals surface area contributed by atoms with Crippen LogP contribution in [0.5, 0.6) is 0 Å². The van der Waals surface area contributed by atoms with Gasteiger partial charge in [-0.05, 0) is 38.5 Å². The third-order valence-corrected chi connectivity index (χ3v) is 7.37. The molecule has 0 saturated carbocycles. The molecule has 0 radical (unpaired) electrons. The van der Waals surface area contributed by atoms with Gasteiger partial charge in [-0.2, -0.15) is 0 Å². The number of aromatic nitrogens is 1. The minimum atomic E-state index is -3.92. The lowest BCUT2D eigenvalue weighted by Crippen LogP contribution is -2.41. The molecule has 7 nitrogen and oxygen atoms in total. The summed E-state index contributed by atoms with van der Waals surface area (Å²) in [6, 6.07) is 7.29. The molecule has 2 heterocycles. The quantitative estimate of drug-likeness (QED) is 0.782. The number of carbonyl (C=O) groups is 1. The number of benzene rings is 1. The highest BCUT2D eigenvalue weighted by molar-refractivity contribution is 7.93. The maximum atomic E-state index is 13.6. The van der Waals surface area contributed by atoms with Gasteiger partial charge in [-0.1, -0.05) is 12.1 Å². The van der Waals surface area contributed by atoms with Gasteiger partial charge in [0.15, 0.2) is 0 Å². The highest BCUT2D eigenvalue weighted by atomic mass is 32.2. The number of morpholine rings is 1. The van der Waals surface area contributed by atoms with Gasteiger partial charge in [0.1, 0.15) is 4.90 Å². The number of ether oxygens (including phenoxy) is 1. The van der Waals surface area contributed by atoms with Crippen molar-refractivity contribution in [3.05, 3.63) is 46.8 Å². The standard InChI is InChI=1S/C20H27N3O4S/c1-14-7-6-8-17(13-14)22(5)28(25,26)19-16(3)21(4)15(2)18(19)20(24)23-9-11-27-12-10-23/h6-8,13H,9-12H2,1-5H3. The molecule has 0 atom stereocenters. The fraction of sp³-hybridized carbons (Fsp3) is 0.450. The summed E-state index contributed by atoms with van der Waals surface area (Å²) in [6.07, 6.45) is 0. The molecule has 1 aromatic carbocycles. The zero-order chi connectivity index (χ0) is 20.6. The smallest absolute Gasteiger partial charge is 0.266 e. The molecular weight excluding hydrogens is 378 g/mol. The van der Waals surface area contributed by atoms with Crippen molar-refractivity contribution in [2.45, 2.75) is 25.7 Å². The van der Waals surface area contributed by atoms with Gasteiger partial charge in [0.25, 0.3) is 15.9 Å². The largest absolute Gasteiger partial charge is 0.378 e. The van der Waals surface area contributed by atoms with Crippen LogP contribution in [0.25, 0.3) is 0 Å². The normalized spacial score (nSPS) is 15.0. The number of sulfonamides is 1. The number of anilines is 1. The van der Waals surface area contributed by atoms with Crippen LogP contribution in [0, 0.1) is 20.8 Å². The van der Waals surface area contributed by atoms with E-state index in [1.165, 1.54) is 11.4 Å². The average molecular weight is 406 g/mol. The highest BCUT2D eigenvalue weighted by Gasteiger charge is 2.35. The summed E-state index contributed by atoms with van der Waals surface area (Å²) in [5.41, 5.74) is 2.97. The van der Waals surface area contributed by atoms with Crippen LogP contribution in [0.2, 0.25) is 0 Å². The molecule has 0 unspecified atom stereocenters. The first kappa shape index (κ1) is 20.4. The van der Waals surface area contributed by atoms with E-state index in [1.54, 1.807) is 36.4 Å². The number of rotatable bonds is 4. The Hall–Kier alpha value is -2.32. The van der Waals surface area contributed by atoms with Gasteiger partial charge in [0.05, 0.1) is 24.5 Å². The first-order valence-electron chi connectivity index (χ1n) is 9.24. The molecule has 0 bridgehead atoms. The molecule has 28 heavy (non-hydrogen) atoms. The lowest BCUT2D eigenvalue weighted by Gasteiger charge is -2.28. The van der Waals surface area contributed by atoms with Gasteiger partial charge in [0, 0.05) is 38.6 Å². The molecule has 8 heteroatoms. The molecule has 0 N–H and O–H groups in total. The maximum absolute atomic E-state index is 13.6. The van der Waals surface area contributed by atoms with Crippen LogP contribution in [0.15, 0.2) is 29.2 Å². The van der Waals surface area contributed by atoms with Gasteiger partial charge in [-0.3, -0.25) is 9.10 Å². The van der Waals surface area contributed by atoms with E-state index in [0.29, 0.717) is 43.4 Å². The number of hydrogen-bond donors (Lipinski definition) is 0. The number of carbonyl (C=O) groups excluding carboxylic acids is 1. The second-order valence-electron chi connectivity index (χ2n) is 7.15. The Morgan fingerprint density at radius 3 is 2.36 bits per heavy atom. The van der Waals surface area contributed by atoms with Crippen LogP contribution in [-0.2, 0) is 21.8 Å². The lowest BCUT2D eigenvalue weighted by atomic mass is 10.2. The number of aryl methyl sites for hydroxylation is 1. The Bertz CT molecular complexity index is 1000. The third kappa shape index (κ3) is 3.42. The Balaban J connectivity index is 2.12. The van der Waals surface area contributed by atoms with E-state index in [4.69, 9.17) is 4.74 Å². The van der Waals surface area contributed by atoms with E-state index in [2.05, 4.69) is 0 Å². The second-order valence-corrected chi connectivity index (χ2v) is 9.06. The van der Waals surface area contributed by atoms with Gasteiger partial charge in [0.2, 0.25) is 0 Å². The molecule has 2 aromatic rings. The van der Waals surface area contributed by atoms with Crippen molar-refractivity contribution >= 4 is 21.6 Å². The monoisotopic (exact) mass is 405 g/mol. The predicted octanol–water partition coefficient (Wildman–Crippen LogP) is 2.25. The van der Waals surface area contributed by atoms with Crippen LogP contribution < -0.4 is 4.31 Å². The number of amides is 1. The minimum absolute atomic E-state index is 0.0768. The molecule has 1 aliphatic heterocycles. The number of hydrogen-bond acceptors (Lipinski definition) is 4. The fourth-order valence-electron chi connectivity index (χ4n) is 3.51. The van der Waals surface area contributed by atoms with Crippen LogP contribution >= 0.6 is 0 Å². The summed E-state index contributed by atoms with van der Waals surface area (Å²) < 4.78 is 35.5. The highest BCUT2D eigenvalue weighted by Crippen LogP contribution is 2.32. The van der Waals surface area contributed by atoms with Crippen LogP contribution in [0.1, 0.15) is 27.3 Å². The fourth-order valence-corrected chi connectivity index (χ4v) is 5.18. The van der Waals surface area contributed by atoms with Gasteiger partial charge in [-0.25, -0.2) is 8.42 Å². The summed E-state index contributed by atoms with van der Waals surface area (Å²) in [7, 11) is -0.615. The first-order valence-corrected chi connectivity index (χ1v) is 10.7. The van der Waals surface area contributed by atoms with E-state index < -0.39 is 10.0 Å². The summed E-state index contributed by atoms with van der Waals surface area (Å²) >= 11 is 0. The summed E-state index contributed by atoms with van der Waals surface area (Å²) in [6.45, 7) is 7.27. The Morgan fingerprint density at radius 1 is 1.11 bits per heavy atom. The molecular formula is C20H27N3O4S. The van der Waals surface area contributed by atoms with Crippen molar-refractivity contribution in [3.63, 3.8) is 0 Å². The van der Waals surface area contributed by atoms with E-state index in [1.807, 2.05) is 25.1 Å². The van der Waals surface area contributed by atoms with Gasteiger partial charge >= 0.3 is 0 Å². The molecule has 152 valence electrons. The van der Waals surface area contributed by atoms with Crippen LogP contribution in [-0.4, -0.2) is 57.1 Å². The van der Waals surface area contributed by atoms with E-state index >= 15 is 0 Å². The third-order valence-electron chi connectivity index (χ3n) is 5.42. The van der Waals surface area contributed by atoms with Crippen molar-refractivity contribution in [2.24, 2.45) is 7.05 Å². The van der Waals surface area contributed by atoms with Crippen molar-refractivity contribution < 1.29 is 17.9 Å². The van der Waals surface area contributed by atoms with Crippen molar-refractivity contribution in [1.82, 2.24) is 9.47 Å². The number of nitrogens with zero attached hydrogens (tertiary/aromatic N) is 3. The van der Waals surface area contributed by atoms with Crippen LogP contribution in [0.3, 0.4) is 0 Å². The molecule has 0 aliphatic carbocycles. The maximum Gasteiger partial charge on any atom is 0.266 e. The van der Waals surface area contributed by atoms with Gasteiger partial charge < -0.3 is 14.2 Å². The summed E-state index contributed by atoms with van der Waals surface area (Å²) in [5, 5.41) is 0. The first-order chi connectivity index (χ1) is 13.2. The SMILES string of the molecule is Cc1cccc(N(C)S(=O)(=O)c2c(C(=O)N3CCOCC3)c(C)n(C)c2C)c1. The molecule has 0 spiro atoms. The van der Waals surface area contributed by atoms with Crippen molar-refractivity contribution in [2.75, 3.05) is 37.7 Å². The summed E-state index contributed by atoms with van der Waals surface area (Å²) in [5.74, 6) is -0.263. The van der Waals surface area contributed by atoms with Gasteiger partial charge in [-0.15, -0.1) is 0 Å². The zero-order valence-electron chi connectivity index (χ0n) is 17.0.